The van der Waals surface area contributed by atoms with Gasteiger partial charge in [-0.05, 0) is 55.7 Å². The average Bonchev–Trinajstić information content (AvgIpc) is 2.84. The summed E-state index contributed by atoms with van der Waals surface area (Å²) in [5, 5.41) is 0. The summed E-state index contributed by atoms with van der Waals surface area (Å²) in [6.45, 7) is 0.956. The smallest absolute Gasteiger partial charge is 0.378 e. The molecule has 0 amide bonds. The average molecular weight is 498 g/mol. The van der Waals surface area contributed by atoms with Gasteiger partial charge in [0.25, 0.3) is 0 Å². The molecule has 2 aromatic rings. The standard InChI is InChI=1S/C24H30F3N3O3S/c25-24(26,27)34(31,32)29-22-13-15-30(23-8-4-5-14-28-23)16-20(22)17-33-21-11-9-19(10-12-21)18-6-2-1-3-7-18/h1-8,14,19-22,29H,9-13,15-17H2. The second kappa shape index (κ2) is 10.6. The van der Waals surface area contributed by atoms with Crippen molar-refractivity contribution < 1.29 is 26.3 Å². The Labute approximate surface area is 198 Å². The molecule has 1 aromatic heterocycles. The summed E-state index contributed by atoms with van der Waals surface area (Å²) in [6.07, 6.45) is 5.63. The number of anilines is 1. The van der Waals surface area contributed by atoms with Gasteiger partial charge in [-0.2, -0.15) is 13.2 Å². The number of hydrogen-bond donors (Lipinski definition) is 1. The van der Waals surface area contributed by atoms with Crippen LogP contribution in [0.2, 0.25) is 0 Å². The predicted molar refractivity (Wildman–Crippen MR) is 124 cm³/mol. The number of hydrogen-bond acceptors (Lipinski definition) is 5. The summed E-state index contributed by atoms with van der Waals surface area (Å²) in [5.74, 6) is 0.773. The fourth-order valence-electron chi connectivity index (χ4n) is 4.92. The van der Waals surface area contributed by atoms with Crippen molar-refractivity contribution in [1.82, 2.24) is 9.71 Å². The number of benzene rings is 1. The molecule has 2 fully saturated rings. The highest BCUT2D eigenvalue weighted by atomic mass is 32.2. The second-order valence-corrected chi connectivity index (χ2v) is 10.8. The highest BCUT2D eigenvalue weighted by molar-refractivity contribution is 7.90. The fourth-order valence-corrected chi connectivity index (χ4v) is 5.76. The van der Waals surface area contributed by atoms with Crippen LogP contribution in [0.5, 0.6) is 0 Å². The Morgan fingerprint density at radius 2 is 1.71 bits per heavy atom. The fraction of sp³-hybridized carbons (Fsp3) is 0.542. The van der Waals surface area contributed by atoms with Crippen molar-refractivity contribution in [1.29, 1.82) is 0 Å². The molecule has 2 heterocycles. The highest BCUT2D eigenvalue weighted by Gasteiger charge is 2.48. The first kappa shape index (κ1) is 24.9. The van der Waals surface area contributed by atoms with Gasteiger partial charge in [0.05, 0.1) is 12.7 Å². The van der Waals surface area contributed by atoms with Gasteiger partial charge in [0.15, 0.2) is 0 Å². The summed E-state index contributed by atoms with van der Waals surface area (Å²) in [6, 6.07) is 15.0. The third kappa shape index (κ3) is 6.09. The number of rotatable bonds is 7. The zero-order valence-corrected chi connectivity index (χ0v) is 19.6. The van der Waals surface area contributed by atoms with Gasteiger partial charge in [0, 0.05) is 31.2 Å². The molecule has 0 bridgehead atoms. The summed E-state index contributed by atoms with van der Waals surface area (Å²) >= 11 is 0. The van der Waals surface area contributed by atoms with Crippen LogP contribution >= 0.6 is 0 Å². The number of piperidine rings is 1. The Morgan fingerprint density at radius 3 is 2.35 bits per heavy atom. The van der Waals surface area contributed by atoms with Crippen molar-refractivity contribution in [3.8, 4) is 0 Å². The van der Waals surface area contributed by atoms with Crippen LogP contribution in [0.3, 0.4) is 0 Å². The van der Waals surface area contributed by atoms with E-state index in [1.54, 1.807) is 12.3 Å². The molecule has 0 radical (unpaired) electrons. The van der Waals surface area contributed by atoms with E-state index < -0.39 is 27.5 Å². The minimum absolute atomic E-state index is 0.0186. The van der Waals surface area contributed by atoms with Crippen LogP contribution in [0, 0.1) is 5.92 Å². The number of halogens is 3. The first-order valence-electron chi connectivity index (χ1n) is 11.6. The van der Waals surface area contributed by atoms with E-state index in [4.69, 9.17) is 4.74 Å². The largest absolute Gasteiger partial charge is 0.511 e. The van der Waals surface area contributed by atoms with Crippen molar-refractivity contribution in [2.24, 2.45) is 5.92 Å². The zero-order chi connectivity index (χ0) is 24.2. The van der Waals surface area contributed by atoms with Gasteiger partial charge >= 0.3 is 15.5 Å². The number of sulfonamides is 1. The molecule has 1 aliphatic carbocycles. The van der Waals surface area contributed by atoms with Crippen LogP contribution in [-0.4, -0.2) is 50.8 Å². The van der Waals surface area contributed by atoms with E-state index in [0.717, 1.165) is 25.7 Å². The van der Waals surface area contributed by atoms with E-state index in [2.05, 4.69) is 17.1 Å². The van der Waals surface area contributed by atoms with Gasteiger partial charge in [-0.15, -0.1) is 0 Å². The molecule has 1 saturated heterocycles. The molecular formula is C24H30F3N3O3S. The van der Waals surface area contributed by atoms with E-state index in [9.17, 15) is 21.6 Å². The molecule has 2 atom stereocenters. The van der Waals surface area contributed by atoms with Crippen molar-refractivity contribution >= 4 is 15.8 Å². The molecule has 1 aromatic carbocycles. The number of nitrogens with zero attached hydrogens (tertiary/aromatic N) is 2. The van der Waals surface area contributed by atoms with Crippen molar-refractivity contribution in [2.45, 2.75) is 55.7 Å². The summed E-state index contributed by atoms with van der Waals surface area (Å²) < 4.78 is 70.7. The molecule has 1 saturated carbocycles. The normalized spacial score (nSPS) is 26.4. The number of alkyl halides is 3. The molecule has 2 aliphatic rings. The van der Waals surface area contributed by atoms with Crippen LogP contribution in [-0.2, 0) is 14.8 Å². The number of pyridine rings is 1. The first-order chi connectivity index (χ1) is 16.2. The van der Waals surface area contributed by atoms with E-state index in [1.165, 1.54) is 5.56 Å². The summed E-state index contributed by atoms with van der Waals surface area (Å²) in [4.78, 5) is 6.30. The maximum atomic E-state index is 13.0. The lowest BCUT2D eigenvalue weighted by molar-refractivity contribution is -0.0460. The molecule has 2 unspecified atom stereocenters. The van der Waals surface area contributed by atoms with Crippen LogP contribution in [0.4, 0.5) is 19.0 Å². The Morgan fingerprint density at radius 1 is 1.00 bits per heavy atom. The van der Waals surface area contributed by atoms with Crippen LogP contribution in [0.25, 0.3) is 0 Å². The molecule has 186 valence electrons. The van der Waals surface area contributed by atoms with Gasteiger partial charge in [0.2, 0.25) is 0 Å². The maximum absolute atomic E-state index is 13.0. The number of nitrogens with one attached hydrogen (secondary N) is 1. The van der Waals surface area contributed by atoms with E-state index in [-0.39, 0.29) is 19.1 Å². The molecule has 34 heavy (non-hydrogen) atoms. The monoisotopic (exact) mass is 497 g/mol. The van der Waals surface area contributed by atoms with Crippen molar-refractivity contribution in [2.75, 3.05) is 24.6 Å². The van der Waals surface area contributed by atoms with E-state index in [0.29, 0.717) is 24.8 Å². The lowest BCUT2D eigenvalue weighted by atomic mass is 9.82. The van der Waals surface area contributed by atoms with Crippen molar-refractivity contribution in [3.63, 3.8) is 0 Å². The van der Waals surface area contributed by atoms with Gasteiger partial charge in [0.1, 0.15) is 5.82 Å². The first-order valence-corrected chi connectivity index (χ1v) is 13.1. The van der Waals surface area contributed by atoms with Gasteiger partial charge in [-0.25, -0.2) is 18.1 Å². The third-order valence-electron chi connectivity index (χ3n) is 6.81. The molecule has 1 N–H and O–H groups in total. The van der Waals surface area contributed by atoms with Crippen LogP contribution < -0.4 is 9.62 Å². The number of ether oxygens (including phenoxy) is 1. The Balaban J connectivity index is 1.39. The van der Waals surface area contributed by atoms with Gasteiger partial charge < -0.3 is 9.64 Å². The molecule has 4 rings (SSSR count). The molecule has 6 nitrogen and oxygen atoms in total. The Kier molecular flexibility index (Phi) is 7.79. The highest BCUT2D eigenvalue weighted by Crippen LogP contribution is 2.34. The van der Waals surface area contributed by atoms with Crippen LogP contribution in [0.15, 0.2) is 54.7 Å². The van der Waals surface area contributed by atoms with Gasteiger partial charge in [-0.1, -0.05) is 36.4 Å². The SMILES string of the molecule is O=S(=O)(NC1CCN(c2ccccn2)CC1COC1CCC(c2ccccc2)CC1)C(F)(F)F. The quantitative estimate of drug-likeness (QED) is 0.612. The molecular weight excluding hydrogens is 467 g/mol. The third-order valence-corrected chi connectivity index (χ3v) is 8.03. The molecule has 0 spiro atoms. The molecule has 1 aliphatic heterocycles. The molecule has 10 heteroatoms. The second-order valence-electron chi connectivity index (χ2n) is 9.07. The lowest BCUT2D eigenvalue weighted by Gasteiger charge is -2.40. The van der Waals surface area contributed by atoms with E-state index >= 15 is 0 Å². The summed E-state index contributed by atoms with van der Waals surface area (Å²) in [5.41, 5.74) is -4.02. The van der Waals surface area contributed by atoms with Crippen molar-refractivity contribution in [3.05, 3.63) is 60.3 Å². The minimum atomic E-state index is -5.43. The maximum Gasteiger partial charge on any atom is 0.511 e. The van der Waals surface area contributed by atoms with E-state index in [1.807, 2.05) is 40.0 Å². The minimum Gasteiger partial charge on any atom is -0.378 e. The van der Waals surface area contributed by atoms with Gasteiger partial charge in [-0.3, -0.25) is 0 Å². The summed E-state index contributed by atoms with van der Waals surface area (Å²) in [7, 11) is -5.43. The zero-order valence-electron chi connectivity index (χ0n) is 18.8. The Bertz CT molecular complexity index is 1010. The lowest BCUT2D eigenvalue weighted by Crippen LogP contribution is -2.54. The number of aromatic nitrogens is 1. The predicted octanol–water partition coefficient (Wildman–Crippen LogP) is 4.46. The topological polar surface area (TPSA) is 71.5 Å². The van der Waals surface area contributed by atoms with Crippen LogP contribution in [0.1, 0.15) is 43.6 Å². The Hall–Kier alpha value is -2.17.